The summed E-state index contributed by atoms with van der Waals surface area (Å²) in [7, 11) is 0. The van der Waals surface area contributed by atoms with Gasteiger partial charge in [-0.2, -0.15) is 0 Å². The number of nitrogens with one attached hydrogen (secondary N) is 2. The number of carbonyl (C=O) groups excluding carboxylic acids is 3. The highest BCUT2D eigenvalue weighted by Crippen LogP contribution is 2.21. The topological polar surface area (TPSA) is 201 Å². The Kier molecular flexibility index (Phi) is 13.2. The molecule has 8 N–H and O–H groups in total. The predicted molar refractivity (Wildman–Crippen MR) is 107 cm³/mol. The molecule has 0 unspecified atom stereocenters. The normalized spacial score (nSPS) is 25.7. The average Bonchev–Trinajstić information content (AvgIpc) is 2.73. The summed E-state index contributed by atoms with van der Waals surface area (Å²) in [6, 6.07) is 0. The van der Waals surface area contributed by atoms with E-state index in [0.29, 0.717) is 25.8 Å². The molecule has 0 aromatic rings. The largest absolute Gasteiger partial charge is 0.394 e. The van der Waals surface area contributed by atoms with Crippen LogP contribution in [0.3, 0.4) is 0 Å². The number of ether oxygens (including phenoxy) is 2. The van der Waals surface area contributed by atoms with E-state index in [9.17, 15) is 29.7 Å². The maximum atomic E-state index is 11.8. The van der Waals surface area contributed by atoms with E-state index in [1.807, 2.05) is 0 Å². The third kappa shape index (κ3) is 10.8. The van der Waals surface area contributed by atoms with Crippen molar-refractivity contribution in [2.24, 2.45) is 5.73 Å². The first-order valence-corrected chi connectivity index (χ1v) is 10.5. The maximum Gasteiger partial charge on any atom is 0.220 e. The van der Waals surface area contributed by atoms with Crippen LogP contribution in [0.25, 0.3) is 0 Å². The molecule has 1 rings (SSSR count). The van der Waals surface area contributed by atoms with Crippen molar-refractivity contribution < 1.29 is 44.3 Å². The van der Waals surface area contributed by atoms with Crippen LogP contribution in [0.15, 0.2) is 0 Å². The van der Waals surface area contributed by atoms with Crippen LogP contribution >= 0.6 is 0 Å². The standard InChI is InChI=1S/C19H35N3O9/c20-13(24)5-4-7-15(26)21-8-3-1-2-6-14(25)22-9-10-30-19-18(29)17(28)16(27)12(11-23)31-19/h12,16-19,23,27-29H,1-11H2,(H2,20,24)(H,21,26)(H,22,25)/t12-,16-,17+,18+,19+/m1/s1. The quantitative estimate of drug-likeness (QED) is 0.129. The van der Waals surface area contributed by atoms with E-state index in [4.69, 9.17) is 20.3 Å². The van der Waals surface area contributed by atoms with Gasteiger partial charge in [0.25, 0.3) is 0 Å². The van der Waals surface area contributed by atoms with Crippen LogP contribution in [0.4, 0.5) is 0 Å². The second-order valence-electron chi connectivity index (χ2n) is 7.40. The second kappa shape index (κ2) is 15.1. The number of unbranched alkanes of at least 4 members (excludes halogenated alkanes) is 2. The van der Waals surface area contributed by atoms with Crippen molar-refractivity contribution in [1.29, 1.82) is 0 Å². The highest BCUT2D eigenvalue weighted by Gasteiger charge is 2.43. The van der Waals surface area contributed by atoms with Crippen LogP contribution in [0.2, 0.25) is 0 Å². The SMILES string of the molecule is NC(=O)CCCC(=O)NCCCCCC(=O)NCCO[C@H]1O[C@H](CO)[C@@H](O)[C@H](O)[C@@H]1O. The van der Waals surface area contributed by atoms with Crippen molar-refractivity contribution in [3.05, 3.63) is 0 Å². The average molecular weight is 450 g/mol. The highest BCUT2D eigenvalue weighted by atomic mass is 16.7. The maximum absolute atomic E-state index is 11.8. The van der Waals surface area contributed by atoms with E-state index in [-0.39, 0.29) is 37.8 Å². The Morgan fingerprint density at radius 1 is 0.839 bits per heavy atom. The fourth-order valence-corrected chi connectivity index (χ4v) is 2.99. The lowest BCUT2D eigenvalue weighted by atomic mass is 9.99. The van der Waals surface area contributed by atoms with E-state index in [0.717, 1.165) is 12.8 Å². The van der Waals surface area contributed by atoms with Crippen LogP contribution in [0, 0.1) is 0 Å². The predicted octanol–water partition coefficient (Wildman–Crippen LogP) is -2.75. The molecule has 31 heavy (non-hydrogen) atoms. The molecule has 5 atom stereocenters. The van der Waals surface area contributed by atoms with Gasteiger partial charge in [0, 0.05) is 32.4 Å². The van der Waals surface area contributed by atoms with Gasteiger partial charge in [-0.25, -0.2) is 0 Å². The van der Waals surface area contributed by atoms with Gasteiger partial charge in [0.2, 0.25) is 17.7 Å². The zero-order chi connectivity index (χ0) is 23.2. The lowest BCUT2D eigenvalue weighted by molar-refractivity contribution is -0.300. The third-order valence-corrected chi connectivity index (χ3v) is 4.78. The zero-order valence-corrected chi connectivity index (χ0v) is 17.6. The minimum atomic E-state index is -1.51. The number of carbonyl (C=O) groups is 3. The molecule has 3 amide bonds. The van der Waals surface area contributed by atoms with Crippen molar-refractivity contribution in [1.82, 2.24) is 10.6 Å². The van der Waals surface area contributed by atoms with Crippen molar-refractivity contribution in [2.75, 3.05) is 26.3 Å². The molecule has 1 fully saturated rings. The number of amides is 3. The lowest BCUT2D eigenvalue weighted by Crippen LogP contribution is -2.59. The molecule has 0 aliphatic carbocycles. The van der Waals surface area contributed by atoms with Gasteiger partial charge >= 0.3 is 0 Å². The highest BCUT2D eigenvalue weighted by molar-refractivity contribution is 5.78. The van der Waals surface area contributed by atoms with Gasteiger partial charge in [0.1, 0.15) is 24.4 Å². The number of aliphatic hydroxyl groups excluding tert-OH is 4. The van der Waals surface area contributed by atoms with Gasteiger partial charge in [0.05, 0.1) is 13.2 Å². The molecule has 0 aromatic heterocycles. The monoisotopic (exact) mass is 449 g/mol. The molecule has 0 radical (unpaired) electrons. The first kappa shape index (κ1) is 27.2. The van der Waals surface area contributed by atoms with Gasteiger partial charge in [0.15, 0.2) is 6.29 Å². The number of aliphatic hydroxyl groups is 4. The minimum absolute atomic E-state index is 0.0101. The fraction of sp³-hybridized carbons (Fsp3) is 0.842. The first-order chi connectivity index (χ1) is 14.8. The lowest BCUT2D eigenvalue weighted by Gasteiger charge is -2.39. The summed E-state index contributed by atoms with van der Waals surface area (Å²) < 4.78 is 10.5. The smallest absolute Gasteiger partial charge is 0.220 e. The van der Waals surface area contributed by atoms with Gasteiger partial charge in [-0.05, 0) is 19.3 Å². The number of hydrogen-bond donors (Lipinski definition) is 7. The van der Waals surface area contributed by atoms with E-state index >= 15 is 0 Å². The van der Waals surface area contributed by atoms with Crippen LogP contribution in [-0.2, 0) is 23.9 Å². The van der Waals surface area contributed by atoms with Crippen molar-refractivity contribution >= 4 is 17.7 Å². The Bertz CT molecular complexity index is 562. The molecule has 1 saturated heterocycles. The number of primary amides is 1. The summed E-state index contributed by atoms with van der Waals surface area (Å²) in [5.74, 6) is -0.724. The Labute approximate surface area is 181 Å². The molecular weight excluding hydrogens is 414 g/mol. The molecular formula is C19H35N3O9. The summed E-state index contributed by atoms with van der Waals surface area (Å²) in [5, 5.41) is 43.7. The van der Waals surface area contributed by atoms with E-state index in [1.165, 1.54) is 0 Å². The van der Waals surface area contributed by atoms with Crippen LogP contribution in [-0.4, -0.2) is 95.2 Å². The molecule has 0 aromatic carbocycles. The minimum Gasteiger partial charge on any atom is -0.394 e. The second-order valence-corrected chi connectivity index (χ2v) is 7.40. The zero-order valence-electron chi connectivity index (χ0n) is 17.6. The van der Waals surface area contributed by atoms with Crippen LogP contribution < -0.4 is 16.4 Å². The van der Waals surface area contributed by atoms with Crippen LogP contribution in [0.5, 0.6) is 0 Å². The van der Waals surface area contributed by atoms with Gasteiger partial charge in [-0.1, -0.05) is 6.42 Å². The fourth-order valence-electron chi connectivity index (χ4n) is 2.99. The number of hydrogen-bond acceptors (Lipinski definition) is 9. The number of rotatable bonds is 15. The molecule has 1 aliphatic rings. The Balaban J connectivity index is 2.04. The Morgan fingerprint density at radius 2 is 1.48 bits per heavy atom. The molecule has 180 valence electrons. The molecule has 1 aliphatic heterocycles. The van der Waals surface area contributed by atoms with Crippen LogP contribution in [0.1, 0.15) is 44.9 Å². The van der Waals surface area contributed by atoms with Gasteiger partial charge in [-0.3, -0.25) is 14.4 Å². The summed E-state index contributed by atoms with van der Waals surface area (Å²) >= 11 is 0. The van der Waals surface area contributed by atoms with E-state index < -0.39 is 43.2 Å². The van der Waals surface area contributed by atoms with Gasteiger partial charge < -0.3 is 46.3 Å². The van der Waals surface area contributed by atoms with Crippen molar-refractivity contribution in [2.45, 2.75) is 75.7 Å². The summed E-state index contributed by atoms with van der Waals surface area (Å²) in [5.41, 5.74) is 5.00. The molecule has 0 bridgehead atoms. The van der Waals surface area contributed by atoms with Crippen molar-refractivity contribution in [3.63, 3.8) is 0 Å². The van der Waals surface area contributed by atoms with Crippen molar-refractivity contribution in [3.8, 4) is 0 Å². The molecule has 1 heterocycles. The first-order valence-electron chi connectivity index (χ1n) is 10.5. The number of nitrogens with two attached hydrogens (primary N) is 1. The molecule has 0 spiro atoms. The molecule has 12 nitrogen and oxygen atoms in total. The molecule has 0 saturated carbocycles. The summed E-state index contributed by atoms with van der Waals surface area (Å²) in [4.78, 5) is 33.9. The summed E-state index contributed by atoms with van der Waals surface area (Å²) in [6.07, 6.45) is -3.36. The Morgan fingerprint density at radius 3 is 2.13 bits per heavy atom. The molecule has 12 heteroatoms. The summed E-state index contributed by atoms with van der Waals surface area (Å²) in [6.45, 7) is 0.135. The van der Waals surface area contributed by atoms with E-state index in [1.54, 1.807) is 0 Å². The van der Waals surface area contributed by atoms with Gasteiger partial charge in [-0.15, -0.1) is 0 Å². The third-order valence-electron chi connectivity index (χ3n) is 4.78. The Hall–Kier alpha value is -1.83. The van der Waals surface area contributed by atoms with E-state index in [2.05, 4.69) is 10.6 Å².